The molecule has 4 nitrogen and oxygen atoms in total. The van der Waals surface area contributed by atoms with Crippen LogP contribution in [0.25, 0.3) is 0 Å². The van der Waals surface area contributed by atoms with Crippen LogP contribution in [0.3, 0.4) is 0 Å². The number of hydrogen-bond acceptors (Lipinski definition) is 2. The van der Waals surface area contributed by atoms with E-state index in [1.165, 1.54) is 25.7 Å². The molecule has 0 amide bonds. The molecular formula is C8H19NdO4P2+2. The van der Waals surface area contributed by atoms with Crippen LogP contribution in [0, 0.1) is 53.7 Å². The summed E-state index contributed by atoms with van der Waals surface area (Å²) >= 11 is 0. The van der Waals surface area contributed by atoms with E-state index in [2.05, 4.69) is 20.8 Å². The van der Waals surface area contributed by atoms with Gasteiger partial charge in [-0.05, 0) is 0 Å². The quantitative estimate of drug-likeness (QED) is 0.442. The first kappa shape index (κ1) is 25.3. The third-order valence-corrected chi connectivity index (χ3v) is 1.30. The van der Waals surface area contributed by atoms with Crippen LogP contribution in [0.1, 0.15) is 39.5 Å². The van der Waals surface area contributed by atoms with Gasteiger partial charge in [-0.3, -0.25) is 0 Å². The Bertz CT molecular complexity index is 109. The van der Waals surface area contributed by atoms with Gasteiger partial charge in [0.25, 0.3) is 0 Å². The van der Waals surface area contributed by atoms with Crippen molar-refractivity contribution in [1.82, 2.24) is 0 Å². The number of hydrogen-bond donors (Lipinski definition) is 2. The van der Waals surface area contributed by atoms with Gasteiger partial charge in [-0.25, -0.2) is 9.13 Å². The Balaban J connectivity index is -0.0000000733. The molecule has 0 aromatic heterocycles. The topological polar surface area (TPSA) is 74.6 Å². The average molecular weight is 385 g/mol. The van der Waals surface area contributed by atoms with Crippen molar-refractivity contribution in [2.75, 3.05) is 0 Å². The van der Waals surface area contributed by atoms with Crippen LogP contribution in [0.4, 0.5) is 0 Å². The molecule has 0 saturated heterocycles. The fourth-order valence-electron chi connectivity index (χ4n) is 0.743. The van der Waals surface area contributed by atoms with E-state index in [4.69, 9.17) is 18.9 Å². The Morgan fingerprint density at radius 2 is 1.53 bits per heavy atom. The van der Waals surface area contributed by atoms with Crippen molar-refractivity contribution in [3.63, 3.8) is 0 Å². The van der Waals surface area contributed by atoms with Crippen molar-refractivity contribution >= 4 is 17.4 Å². The van der Waals surface area contributed by atoms with Gasteiger partial charge in [-0.2, -0.15) is 5.92 Å². The fraction of sp³-hybridized carbons (Fsp3) is 0.875. The molecule has 1 atom stereocenters. The van der Waals surface area contributed by atoms with Gasteiger partial charge in [0.15, 0.2) is 0 Å². The van der Waals surface area contributed by atoms with Crippen LogP contribution < -0.4 is 0 Å². The van der Waals surface area contributed by atoms with Gasteiger partial charge in [0.05, 0.1) is 0 Å². The number of rotatable bonds is 4. The molecule has 0 heterocycles. The van der Waals surface area contributed by atoms with E-state index in [0.717, 1.165) is 0 Å². The maximum absolute atomic E-state index is 8.46. The van der Waals surface area contributed by atoms with Crippen molar-refractivity contribution in [1.29, 1.82) is 0 Å². The molecule has 2 N–H and O–H groups in total. The van der Waals surface area contributed by atoms with E-state index in [1.54, 1.807) is 0 Å². The third kappa shape index (κ3) is 67.0. The zero-order valence-corrected chi connectivity index (χ0v) is 14.2. The van der Waals surface area contributed by atoms with Crippen molar-refractivity contribution in [2.24, 2.45) is 5.92 Å². The van der Waals surface area contributed by atoms with Crippen molar-refractivity contribution in [3.05, 3.63) is 6.92 Å². The minimum atomic E-state index is -0.833. The summed E-state index contributed by atoms with van der Waals surface area (Å²) in [7, 11) is -1.67. The van der Waals surface area contributed by atoms with Crippen LogP contribution in [0.5, 0.6) is 0 Å². The van der Waals surface area contributed by atoms with Crippen molar-refractivity contribution in [3.8, 4) is 0 Å². The molecule has 87 valence electrons. The van der Waals surface area contributed by atoms with Gasteiger partial charge in [0.1, 0.15) is 0 Å². The molecule has 0 spiro atoms. The summed E-state index contributed by atoms with van der Waals surface area (Å²) in [6.07, 6.45) is 5.36. The fourth-order valence-corrected chi connectivity index (χ4v) is 0.743. The molecule has 0 rings (SSSR count). The normalized spacial score (nSPS) is 10.2. The molecule has 0 aliphatic heterocycles. The van der Waals surface area contributed by atoms with Crippen molar-refractivity contribution < 1.29 is 59.8 Å². The van der Waals surface area contributed by atoms with E-state index in [-0.39, 0.29) is 40.8 Å². The zero-order valence-electron chi connectivity index (χ0n) is 9.22. The van der Waals surface area contributed by atoms with Gasteiger partial charge >= 0.3 is 58.2 Å². The summed E-state index contributed by atoms with van der Waals surface area (Å²) < 4.78 is 16.9. The second-order valence-corrected chi connectivity index (χ2v) is 3.09. The molecule has 0 fully saturated rings. The minimum Gasteiger partial charge on any atom is -0.341 e. The second kappa shape index (κ2) is 29.5. The molecule has 0 aliphatic rings. The average Bonchev–Trinajstić information content (AvgIpc) is 2.07. The smallest absolute Gasteiger partial charge is 0.341 e. The van der Waals surface area contributed by atoms with Gasteiger partial charge < -0.3 is 16.7 Å². The molecule has 1 radical (unpaired) electrons. The summed E-state index contributed by atoms with van der Waals surface area (Å²) in [4.78, 5) is 14.0. The van der Waals surface area contributed by atoms with E-state index in [0.29, 0.717) is 5.92 Å². The van der Waals surface area contributed by atoms with Gasteiger partial charge in [-0.1, -0.05) is 39.5 Å². The Kier molecular flexibility index (Phi) is 49.9. The first-order chi connectivity index (χ1) is 6.60. The summed E-state index contributed by atoms with van der Waals surface area (Å²) in [5.74, 6) is 0.654. The molecule has 7 heteroatoms. The standard InChI is InChI=1S/C8H17.Nd.2HO2P/c1-4-5-6-7-8(2)3;;2*1-3-2/h8H,2,4-7H2,1,3H3;;2*(H,1,2)/q-1;+3;;. The van der Waals surface area contributed by atoms with Gasteiger partial charge in [-0.15, -0.1) is 0 Å². The SMILES string of the molecule is O=PO.O=PO.[CH2-]C(C)CCCCC.[Nd+3]. The largest absolute Gasteiger partial charge is 3.00 e. The van der Waals surface area contributed by atoms with E-state index < -0.39 is 17.4 Å². The van der Waals surface area contributed by atoms with Crippen LogP contribution >= 0.6 is 17.4 Å². The maximum Gasteiger partial charge on any atom is 3.00 e. The Hall–Kier alpha value is 1.47. The van der Waals surface area contributed by atoms with Gasteiger partial charge in [0, 0.05) is 0 Å². The molecule has 0 saturated carbocycles. The monoisotopic (exact) mass is 383 g/mol. The minimum absolute atomic E-state index is 0. The first-order valence-electron chi connectivity index (χ1n) is 4.37. The first-order valence-corrected chi connectivity index (χ1v) is 5.90. The molecule has 0 aromatic carbocycles. The Morgan fingerprint density at radius 3 is 1.73 bits per heavy atom. The third-order valence-electron chi connectivity index (χ3n) is 1.30. The van der Waals surface area contributed by atoms with Crippen molar-refractivity contribution in [2.45, 2.75) is 39.5 Å². The van der Waals surface area contributed by atoms with Crippen LogP contribution in [-0.2, 0) is 9.13 Å². The van der Waals surface area contributed by atoms with E-state index in [1.807, 2.05) is 0 Å². The summed E-state index contributed by atoms with van der Waals surface area (Å²) in [6.45, 7) is 8.32. The summed E-state index contributed by atoms with van der Waals surface area (Å²) in [5, 5.41) is 0. The Labute approximate surface area is 128 Å². The molecule has 0 aliphatic carbocycles. The summed E-state index contributed by atoms with van der Waals surface area (Å²) in [5.41, 5.74) is 0. The summed E-state index contributed by atoms with van der Waals surface area (Å²) in [6, 6.07) is 0. The van der Waals surface area contributed by atoms with E-state index >= 15 is 0 Å². The number of unbranched alkanes of at least 4 members (excludes halogenated alkanes) is 2. The predicted molar refractivity (Wildman–Crippen MR) is 58.3 cm³/mol. The molecular weight excluding hydrogens is 366 g/mol. The van der Waals surface area contributed by atoms with Crippen LogP contribution in [0.15, 0.2) is 0 Å². The van der Waals surface area contributed by atoms with Crippen LogP contribution in [-0.4, -0.2) is 9.79 Å². The van der Waals surface area contributed by atoms with Gasteiger partial charge in [0.2, 0.25) is 0 Å². The molecule has 1 unspecified atom stereocenters. The second-order valence-electron chi connectivity index (χ2n) is 2.76. The molecule has 15 heavy (non-hydrogen) atoms. The maximum atomic E-state index is 8.46. The van der Waals surface area contributed by atoms with Crippen LogP contribution in [0.2, 0.25) is 0 Å². The predicted octanol–water partition coefficient (Wildman–Crippen LogP) is 3.41. The Morgan fingerprint density at radius 1 is 1.20 bits per heavy atom. The van der Waals surface area contributed by atoms with E-state index in [9.17, 15) is 0 Å². The molecule has 0 aromatic rings. The zero-order chi connectivity index (χ0) is 11.8. The molecule has 0 bridgehead atoms.